The van der Waals surface area contributed by atoms with Crippen molar-refractivity contribution in [3.8, 4) is 0 Å². The van der Waals surface area contributed by atoms with Gasteiger partial charge < -0.3 is 14.2 Å². The van der Waals surface area contributed by atoms with Crippen LogP contribution in [0, 0.1) is 29.6 Å². The summed E-state index contributed by atoms with van der Waals surface area (Å²) < 4.78 is 376. The van der Waals surface area contributed by atoms with Gasteiger partial charge in [0.05, 0.1) is 17.8 Å². The van der Waals surface area contributed by atoms with E-state index in [0.29, 0.717) is 5.92 Å². The molecule has 0 spiro atoms. The lowest BCUT2D eigenvalue weighted by atomic mass is 9.89. The van der Waals surface area contributed by atoms with Crippen LogP contribution in [0.2, 0.25) is 0 Å². The molecular weight excluding hydrogens is 1080 g/mol. The molecular formula is C38H44F28O6. The number of fused-ring (bicyclic) bond motifs is 2. The molecule has 0 N–H and O–H groups in total. The standard InChI is InChI=1S/C14H12F16O2.C12H12F12O2.C12H20O2/c1-3-5(2)6(31)32-4-8(17,18)10(21,22)12(25,26)14(29,30)13(27,28)11(23,24)9(19,20)7(15)16;1-3-5(2)6(25)26-4-8(15,16)10(19,20)12(23,24)11(21,22)9(17,18)7(13)14;1-3-8(2)12(13)14-11-7-9-4-5-10(11)6-9/h5,7H,3-4H2,1-2H3;5,7H,3-4H2,1-2H3;8-11H,3-7H2,1-2H3. The summed E-state index contributed by atoms with van der Waals surface area (Å²) in [5, 5.41) is 0. The maximum absolute atomic E-state index is 13.5. The summed E-state index contributed by atoms with van der Waals surface area (Å²) in [5.41, 5.74) is 0. The first kappa shape index (κ1) is 68.5. The molecule has 0 aromatic heterocycles. The average Bonchev–Trinajstić information content (AvgIpc) is 3.89. The van der Waals surface area contributed by atoms with Gasteiger partial charge in [0.1, 0.15) is 6.10 Å². The highest BCUT2D eigenvalue weighted by Gasteiger charge is 2.94. The first-order valence-corrected chi connectivity index (χ1v) is 20.5. The molecule has 0 saturated heterocycles. The van der Waals surface area contributed by atoms with Gasteiger partial charge in [-0.3, -0.25) is 14.4 Å². The van der Waals surface area contributed by atoms with Gasteiger partial charge in [-0.05, 0) is 56.8 Å². The zero-order chi connectivity index (χ0) is 57.8. The van der Waals surface area contributed by atoms with Gasteiger partial charge in [0.2, 0.25) is 0 Å². The topological polar surface area (TPSA) is 78.9 Å². The summed E-state index contributed by atoms with van der Waals surface area (Å²) >= 11 is 0. The molecule has 34 heteroatoms. The quantitative estimate of drug-likeness (QED) is 0.0576. The van der Waals surface area contributed by atoms with Gasteiger partial charge in [-0.15, -0.1) is 0 Å². The summed E-state index contributed by atoms with van der Waals surface area (Å²) in [5.74, 6) is -95.2. The van der Waals surface area contributed by atoms with Crippen LogP contribution in [0.5, 0.6) is 0 Å². The summed E-state index contributed by atoms with van der Waals surface area (Å²) in [7, 11) is 0. The van der Waals surface area contributed by atoms with E-state index in [0.717, 1.165) is 32.6 Å². The molecule has 6 atom stereocenters. The van der Waals surface area contributed by atoms with Gasteiger partial charge in [-0.2, -0.15) is 105 Å². The Morgan fingerprint density at radius 1 is 0.417 bits per heavy atom. The lowest BCUT2D eigenvalue weighted by Crippen LogP contribution is -2.74. The summed E-state index contributed by atoms with van der Waals surface area (Å²) in [4.78, 5) is 33.8. The lowest BCUT2D eigenvalue weighted by Gasteiger charge is -2.42. The van der Waals surface area contributed by atoms with Gasteiger partial charge >= 0.3 is 102 Å². The Labute approximate surface area is 389 Å². The Morgan fingerprint density at radius 3 is 0.958 bits per heavy atom. The van der Waals surface area contributed by atoms with Crippen molar-refractivity contribution in [1.29, 1.82) is 0 Å². The molecule has 2 bridgehead atoms. The highest BCUT2D eigenvalue weighted by Crippen LogP contribution is 2.63. The van der Waals surface area contributed by atoms with Crippen molar-refractivity contribution in [2.24, 2.45) is 29.6 Å². The van der Waals surface area contributed by atoms with Crippen LogP contribution in [0.15, 0.2) is 0 Å². The number of rotatable bonds is 23. The van der Waals surface area contributed by atoms with Gasteiger partial charge in [0.25, 0.3) is 0 Å². The van der Waals surface area contributed by atoms with E-state index in [1.807, 2.05) is 13.8 Å². The summed E-state index contributed by atoms with van der Waals surface area (Å²) in [6.45, 7) is 2.50. The monoisotopic (exact) mass is 1130 g/mol. The molecule has 72 heavy (non-hydrogen) atoms. The number of hydrogen-bond donors (Lipinski definition) is 0. The lowest BCUT2D eigenvalue weighted by molar-refractivity contribution is -0.447. The Kier molecular flexibility index (Phi) is 22.0. The van der Waals surface area contributed by atoms with Crippen molar-refractivity contribution in [1.82, 2.24) is 0 Å². The Hall–Kier alpha value is -3.55. The molecule has 2 saturated carbocycles. The second kappa shape index (κ2) is 23.1. The SMILES string of the molecule is CCC(C)C(=O)OC1CC2CCC1C2.CCC(C)C(=O)OCC(F)(F)C(F)(F)C(F)(F)C(F)(F)C(F)(F)C(F)(F)C(F)(F)C(F)F.CCC(C)C(=O)OCC(F)(F)C(F)(F)C(F)(F)C(F)(F)C(F)(F)C(F)F. The highest BCUT2D eigenvalue weighted by atomic mass is 19.4. The van der Waals surface area contributed by atoms with E-state index in [1.54, 1.807) is 0 Å². The van der Waals surface area contributed by atoms with E-state index in [4.69, 9.17) is 4.74 Å². The third-order valence-corrected chi connectivity index (χ3v) is 11.4. The molecule has 6 nitrogen and oxygen atoms in total. The van der Waals surface area contributed by atoms with Crippen molar-refractivity contribution in [3.05, 3.63) is 0 Å². The van der Waals surface area contributed by atoms with Gasteiger partial charge in [-0.1, -0.05) is 41.5 Å². The Balaban J connectivity index is 0.00000112. The van der Waals surface area contributed by atoms with Gasteiger partial charge in [0, 0.05) is 0 Å². The minimum atomic E-state index is -8.46. The number of halogens is 28. The number of alkyl halides is 28. The van der Waals surface area contributed by atoms with Gasteiger partial charge in [-0.25, -0.2) is 17.6 Å². The third kappa shape index (κ3) is 12.7. The van der Waals surface area contributed by atoms with Gasteiger partial charge in [0.15, 0.2) is 13.2 Å². The maximum atomic E-state index is 13.5. The number of hydrogen-bond acceptors (Lipinski definition) is 6. The van der Waals surface area contributed by atoms with Crippen LogP contribution in [-0.2, 0) is 28.6 Å². The molecule has 2 rings (SSSR count). The highest BCUT2D eigenvalue weighted by molar-refractivity contribution is 5.72. The van der Waals surface area contributed by atoms with E-state index >= 15 is 0 Å². The zero-order valence-corrected chi connectivity index (χ0v) is 37.5. The predicted molar refractivity (Wildman–Crippen MR) is 187 cm³/mol. The molecule has 0 aliphatic heterocycles. The first-order valence-electron chi connectivity index (χ1n) is 20.5. The van der Waals surface area contributed by atoms with Crippen LogP contribution in [0.1, 0.15) is 86.5 Å². The molecule has 2 fully saturated rings. The van der Waals surface area contributed by atoms with Crippen LogP contribution in [0.3, 0.4) is 0 Å². The maximum Gasteiger partial charge on any atom is 0.385 e. The largest absolute Gasteiger partial charge is 0.462 e. The molecule has 0 heterocycles. The fourth-order valence-corrected chi connectivity index (χ4v) is 5.83. The smallest absolute Gasteiger partial charge is 0.385 e. The fourth-order valence-electron chi connectivity index (χ4n) is 5.83. The van der Waals surface area contributed by atoms with Crippen LogP contribution in [0.25, 0.3) is 0 Å². The predicted octanol–water partition coefficient (Wildman–Crippen LogP) is 14.1. The van der Waals surface area contributed by atoms with Crippen molar-refractivity contribution in [2.45, 2.75) is 177 Å². The van der Waals surface area contributed by atoms with Crippen molar-refractivity contribution < 1.29 is 152 Å². The molecule has 0 aromatic rings. The number of carbonyl (C=O) groups excluding carboxylic acids is 3. The number of carbonyl (C=O) groups is 3. The molecule has 2 aliphatic carbocycles. The van der Waals surface area contributed by atoms with E-state index in [2.05, 4.69) is 9.47 Å². The Morgan fingerprint density at radius 2 is 0.694 bits per heavy atom. The first-order chi connectivity index (χ1) is 31.8. The van der Waals surface area contributed by atoms with Crippen LogP contribution in [-0.4, -0.2) is 121 Å². The summed E-state index contributed by atoms with van der Waals surface area (Å²) in [6, 6.07) is 0. The molecule has 0 aromatic carbocycles. The Bertz CT molecular complexity index is 1790. The molecule has 0 amide bonds. The van der Waals surface area contributed by atoms with Crippen molar-refractivity contribution in [2.75, 3.05) is 13.2 Å². The van der Waals surface area contributed by atoms with Crippen LogP contribution < -0.4 is 0 Å². The average molecular weight is 1130 g/mol. The molecule has 6 unspecified atom stereocenters. The molecule has 0 radical (unpaired) electrons. The third-order valence-electron chi connectivity index (χ3n) is 11.4. The fraction of sp³-hybridized carbons (Fsp3) is 0.921. The second-order valence-electron chi connectivity index (χ2n) is 16.6. The zero-order valence-electron chi connectivity index (χ0n) is 37.5. The second-order valence-corrected chi connectivity index (χ2v) is 16.6. The van der Waals surface area contributed by atoms with Crippen LogP contribution >= 0.6 is 0 Å². The van der Waals surface area contributed by atoms with Crippen LogP contribution in [0.4, 0.5) is 123 Å². The number of ether oxygens (including phenoxy) is 3. The molecule has 2 aliphatic rings. The normalized spacial score (nSPS) is 20.2. The molecule has 428 valence electrons. The minimum absolute atomic E-state index is 0.0186. The van der Waals surface area contributed by atoms with E-state index in [-0.39, 0.29) is 30.8 Å². The minimum Gasteiger partial charge on any atom is -0.462 e. The van der Waals surface area contributed by atoms with E-state index in [9.17, 15) is 137 Å². The van der Waals surface area contributed by atoms with E-state index in [1.165, 1.54) is 33.1 Å². The van der Waals surface area contributed by atoms with Crippen molar-refractivity contribution in [3.63, 3.8) is 0 Å². The van der Waals surface area contributed by atoms with Crippen molar-refractivity contribution >= 4 is 17.9 Å². The van der Waals surface area contributed by atoms with E-state index < -0.39 is 121 Å². The number of esters is 3. The summed E-state index contributed by atoms with van der Waals surface area (Å²) in [6.07, 6.45) is -5.48.